The van der Waals surface area contributed by atoms with Gasteiger partial charge in [0.2, 0.25) is 5.91 Å². The second-order valence-electron chi connectivity index (χ2n) is 6.51. The summed E-state index contributed by atoms with van der Waals surface area (Å²) in [6, 6.07) is 6.72. The molecule has 0 aliphatic carbocycles. The van der Waals surface area contributed by atoms with Crippen molar-refractivity contribution in [1.29, 1.82) is 0 Å². The van der Waals surface area contributed by atoms with Crippen LogP contribution < -0.4 is 0 Å². The SMILES string of the molecule is Cc1nc(C2CCCN(C(=O)Cc3ccccc3C(=O)O)C2)sc1C. The molecule has 2 heterocycles. The largest absolute Gasteiger partial charge is 0.478 e. The molecule has 1 aliphatic heterocycles. The molecule has 1 aromatic carbocycles. The van der Waals surface area contributed by atoms with Gasteiger partial charge in [-0.15, -0.1) is 11.3 Å². The van der Waals surface area contributed by atoms with Gasteiger partial charge in [-0.2, -0.15) is 0 Å². The van der Waals surface area contributed by atoms with Crippen LogP contribution in [0, 0.1) is 13.8 Å². The number of rotatable bonds is 4. The highest BCUT2D eigenvalue weighted by molar-refractivity contribution is 7.11. The predicted molar refractivity (Wildman–Crippen MR) is 97.2 cm³/mol. The summed E-state index contributed by atoms with van der Waals surface area (Å²) in [5, 5.41) is 10.4. The molecule has 2 aromatic rings. The Morgan fingerprint density at radius 2 is 2.08 bits per heavy atom. The molecule has 3 rings (SSSR count). The number of hydrogen-bond donors (Lipinski definition) is 1. The number of carboxylic acid groups (broad SMARTS) is 1. The third kappa shape index (κ3) is 3.90. The maximum absolute atomic E-state index is 12.7. The summed E-state index contributed by atoms with van der Waals surface area (Å²) >= 11 is 1.72. The summed E-state index contributed by atoms with van der Waals surface area (Å²) in [6.45, 7) is 5.49. The fourth-order valence-electron chi connectivity index (χ4n) is 3.24. The molecule has 5 nitrogen and oxygen atoms in total. The first-order valence-corrected chi connectivity index (χ1v) is 9.30. The fourth-order valence-corrected chi connectivity index (χ4v) is 4.28. The number of hydrogen-bond acceptors (Lipinski definition) is 4. The van der Waals surface area contributed by atoms with Crippen LogP contribution >= 0.6 is 11.3 Å². The third-order valence-electron chi connectivity index (χ3n) is 4.76. The topological polar surface area (TPSA) is 70.5 Å². The van der Waals surface area contributed by atoms with Crippen LogP contribution in [0.25, 0.3) is 0 Å². The minimum absolute atomic E-state index is 0.0107. The maximum atomic E-state index is 12.7. The number of thiazole rings is 1. The van der Waals surface area contributed by atoms with Gasteiger partial charge in [0.05, 0.1) is 22.7 Å². The number of aryl methyl sites for hydroxylation is 2. The number of benzene rings is 1. The quantitative estimate of drug-likeness (QED) is 0.909. The van der Waals surface area contributed by atoms with Crippen molar-refractivity contribution < 1.29 is 14.7 Å². The molecule has 25 heavy (non-hydrogen) atoms. The van der Waals surface area contributed by atoms with Crippen molar-refractivity contribution >= 4 is 23.2 Å². The van der Waals surface area contributed by atoms with Crippen molar-refractivity contribution in [3.05, 3.63) is 51.0 Å². The molecule has 0 spiro atoms. The second kappa shape index (κ2) is 7.35. The Morgan fingerprint density at radius 1 is 1.32 bits per heavy atom. The minimum Gasteiger partial charge on any atom is -0.478 e. The number of nitrogens with zero attached hydrogens (tertiary/aromatic N) is 2. The summed E-state index contributed by atoms with van der Waals surface area (Å²) in [4.78, 5) is 31.8. The molecule has 132 valence electrons. The number of carbonyl (C=O) groups excluding carboxylic acids is 1. The molecule has 0 saturated carbocycles. The predicted octanol–water partition coefficient (Wildman–Crippen LogP) is 3.41. The Morgan fingerprint density at radius 3 is 2.76 bits per heavy atom. The monoisotopic (exact) mass is 358 g/mol. The lowest BCUT2D eigenvalue weighted by Crippen LogP contribution is -2.40. The molecule has 0 bridgehead atoms. The Kier molecular flexibility index (Phi) is 5.18. The van der Waals surface area contributed by atoms with Crippen molar-refractivity contribution in [2.24, 2.45) is 0 Å². The van der Waals surface area contributed by atoms with Gasteiger partial charge in [0.1, 0.15) is 0 Å². The minimum atomic E-state index is -0.992. The van der Waals surface area contributed by atoms with E-state index in [1.165, 1.54) is 4.88 Å². The summed E-state index contributed by atoms with van der Waals surface area (Å²) in [5.74, 6) is -0.720. The van der Waals surface area contributed by atoms with Crippen LogP contribution in [-0.4, -0.2) is 40.0 Å². The number of piperidine rings is 1. The van der Waals surface area contributed by atoms with E-state index in [9.17, 15) is 14.7 Å². The molecule has 1 aromatic heterocycles. The van der Waals surface area contributed by atoms with E-state index in [2.05, 4.69) is 11.9 Å². The Bertz CT molecular complexity index is 780. The van der Waals surface area contributed by atoms with E-state index in [0.29, 0.717) is 12.1 Å². The number of aromatic nitrogens is 1. The second-order valence-corrected chi connectivity index (χ2v) is 7.75. The first-order valence-electron chi connectivity index (χ1n) is 8.48. The van der Waals surface area contributed by atoms with Crippen LogP contribution in [0.5, 0.6) is 0 Å². The van der Waals surface area contributed by atoms with Crippen molar-refractivity contribution in [3.63, 3.8) is 0 Å². The molecular formula is C19H22N2O3S. The molecule has 1 atom stereocenters. The van der Waals surface area contributed by atoms with Crippen LogP contribution in [0.3, 0.4) is 0 Å². The van der Waals surface area contributed by atoms with Crippen molar-refractivity contribution in [1.82, 2.24) is 9.88 Å². The summed E-state index contributed by atoms with van der Waals surface area (Å²) in [7, 11) is 0. The summed E-state index contributed by atoms with van der Waals surface area (Å²) < 4.78 is 0. The zero-order valence-corrected chi connectivity index (χ0v) is 15.3. The highest BCUT2D eigenvalue weighted by atomic mass is 32.1. The van der Waals surface area contributed by atoms with Crippen LogP contribution in [0.2, 0.25) is 0 Å². The van der Waals surface area contributed by atoms with Crippen LogP contribution in [0.15, 0.2) is 24.3 Å². The van der Waals surface area contributed by atoms with Gasteiger partial charge in [-0.25, -0.2) is 9.78 Å². The zero-order chi connectivity index (χ0) is 18.0. The van der Waals surface area contributed by atoms with E-state index in [-0.39, 0.29) is 23.8 Å². The number of amides is 1. The Balaban J connectivity index is 1.71. The van der Waals surface area contributed by atoms with Gasteiger partial charge >= 0.3 is 5.97 Å². The molecule has 1 unspecified atom stereocenters. The molecule has 1 saturated heterocycles. The lowest BCUT2D eigenvalue weighted by molar-refractivity contribution is -0.131. The maximum Gasteiger partial charge on any atom is 0.335 e. The Hall–Kier alpha value is -2.21. The van der Waals surface area contributed by atoms with Crippen molar-refractivity contribution in [3.8, 4) is 0 Å². The molecule has 1 aliphatic rings. The summed E-state index contributed by atoms with van der Waals surface area (Å²) in [6.07, 6.45) is 2.13. The van der Waals surface area contributed by atoms with Crippen molar-refractivity contribution in [2.45, 2.75) is 39.0 Å². The van der Waals surface area contributed by atoms with Gasteiger partial charge in [-0.3, -0.25) is 4.79 Å². The van der Waals surface area contributed by atoms with Crippen LogP contribution in [0.1, 0.15) is 50.3 Å². The average molecular weight is 358 g/mol. The molecule has 6 heteroatoms. The number of aromatic carboxylic acids is 1. The molecule has 1 fully saturated rings. The van der Waals surface area contributed by atoms with E-state index in [1.807, 2.05) is 11.8 Å². The number of carboxylic acids is 1. The highest BCUT2D eigenvalue weighted by Crippen LogP contribution is 2.31. The fraction of sp³-hybridized carbons (Fsp3) is 0.421. The molecular weight excluding hydrogens is 336 g/mol. The van der Waals surface area contributed by atoms with Gasteiger partial charge in [-0.05, 0) is 38.3 Å². The average Bonchev–Trinajstić information content (AvgIpc) is 2.94. The molecule has 1 N–H and O–H groups in total. The van der Waals surface area contributed by atoms with Crippen LogP contribution in [0.4, 0.5) is 0 Å². The van der Waals surface area contributed by atoms with Gasteiger partial charge < -0.3 is 10.0 Å². The van der Waals surface area contributed by atoms with Gasteiger partial charge in [0, 0.05) is 23.9 Å². The smallest absolute Gasteiger partial charge is 0.335 e. The lowest BCUT2D eigenvalue weighted by atomic mass is 9.97. The lowest BCUT2D eigenvalue weighted by Gasteiger charge is -2.32. The number of carbonyl (C=O) groups is 2. The van der Waals surface area contributed by atoms with E-state index < -0.39 is 5.97 Å². The van der Waals surface area contributed by atoms with Gasteiger partial charge in [0.15, 0.2) is 0 Å². The van der Waals surface area contributed by atoms with E-state index in [1.54, 1.807) is 35.6 Å². The normalized spacial score (nSPS) is 17.5. The molecule has 0 radical (unpaired) electrons. The van der Waals surface area contributed by atoms with Crippen LogP contribution in [-0.2, 0) is 11.2 Å². The van der Waals surface area contributed by atoms with Crippen molar-refractivity contribution in [2.75, 3.05) is 13.1 Å². The third-order valence-corrected chi connectivity index (χ3v) is 5.99. The number of likely N-dealkylation sites (tertiary alicyclic amines) is 1. The van der Waals surface area contributed by atoms with E-state index >= 15 is 0 Å². The van der Waals surface area contributed by atoms with Gasteiger partial charge in [0.25, 0.3) is 0 Å². The standard InChI is InChI=1S/C19H22N2O3S/c1-12-13(2)25-18(20-12)15-7-5-9-21(11-15)17(22)10-14-6-3-4-8-16(14)19(23)24/h3-4,6,8,15H,5,7,9-11H2,1-2H3,(H,23,24). The molecule has 1 amide bonds. The zero-order valence-electron chi connectivity index (χ0n) is 14.5. The highest BCUT2D eigenvalue weighted by Gasteiger charge is 2.27. The van der Waals surface area contributed by atoms with E-state index in [0.717, 1.165) is 30.1 Å². The first-order chi connectivity index (χ1) is 12.0. The van der Waals surface area contributed by atoms with E-state index in [4.69, 9.17) is 0 Å². The van der Waals surface area contributed by atoms with Gasteiger partial charge in [-0.1, -0.05) is 18.2 Å². The Labute approximate surface area is 151 Å². The first kappa shape index (κ1) is 17.6. The summed E-state index contributed by atoms with van der Waals surface area (Å²) in [5.41, 5.74) is 1.84.